The molecule has 2 aromatic carbocycles. The number of para-hydroxylation sites is 1. The maximum Gasteiger partial charge on any atom is 0.438 e. The molecule has 0 saturated carbocycles. The van der Waals surface area contributed by atoms with E-state index in [1.54, 1.807) is 24.3 Å². The standard InChI is InChI=1S/C22H23F3N2O3/c1-30-19-13-7-6-12-17(19)18-15-21(29,22(23,24)25)27(26-18)20(28)14-8-5-11-16-9-3-2-4-10-16/h2-4,6-7,9-10,12-13,29H,5,8,11,14-15H2,1H3. The first kappa shape index (κ1) is 21.8. The second-order valence-electron chi connectivity index (χ2n) is 7.14. The number of aryl methyl sites for hydroxylation is 1. The van der Waals surface area contributed by atoms with Gasteiger partial charge in [0.2, 0.25) is 5.91 Å². The molecule has 1 aliphatic heterocycles. The van der Waals surface area contributed by atoms with Gasteiger partial charge in [-0.2, -0.15) is 23.3 Å². The molecule has 2 aromatic rings. The highest BCUT2D eigenvalue weighted by Crippen LogP contribution is 2.42. The van der Waals surface area contributed by atoms with Crippen molar-refractivity contribution in [1.29, 1.82) is 0 Å². The Bertz CT molecular complexity index is 915. The number of rotatable bonds is 7. The fraction of sp³-hybridized carbons (Fsp3) is 0.364. The first-order valence-corrected chi connectivity index (χ1v) is 9.63. The Morgan fingerprint density at radius 1 is 1.13 bits per heavy atom. The Balaban J connectivity index is 1.75. The van der Waals surface area contributed by atoms with Gasteiger partial charge in [0.25, 0.3) is 5.72 Å². The molecule has 0 spiro atoms. The molecule has 1 heterocycles. The van der Waals surface area contributed by atoms with E-state index in [1.165, 1.54) is 7.11 Å². The van der Waals surface area contributed by atoms with E-state index < -0.39 is 24.2 Å². The smallest absolute Gasteiger partial charge is 0.438 e. The third-order valence-corrected chi connectivity index (χ3v) is 5.04. The van der Waals surface area contributed by atoms with Crippen LogP contribution in [0, 0.1) is 0 Å². The highest BCUT2D eigenvalue weighted by Gasteiger charge is 2.63. The Morgan fingerprint density at radius 3 is 2.47 bits per heavy atom. The molecular weight excluding hydrogens is 397 g/mol. The molecule has 0 bridgehead atoms. The lowest BCUT2D eigenvalue weighted by atomic mass is 10.00. The maximum absolute atomic E-state index is 13.7. The maximum atomic E-state index is 13.7. The molecule has 3 rings (SSSR count). The van der Waals surface area contributed by atoms with Crippen molar-refractivity contribution in [1.82, 2.24) is 5.01 Å². The number of methoxy groups -OCH3 is 1. The summed E-state index contributed by atoms with van der Waals surface area (Å²) in [6.45, 7) is 0. The lowest BCUT2D eigenvalue weighted by Gasteiger charge is -2.32. The van der Waals surface area contributed by atoms with Crippen LogP contribution < -0.4 is 4.74 Å². The highest BCUT2D eigenvalue weighted by atomic mass is 19.4. The monoisotopic (exact) mass is 420 g/mol. The summed E-state index contributed by atoms with van der Waals surface area (Å²) in [7, 11) is 1.39. The van der Waals surface area contributed by atoms with Crippen LogP contribution in [0.4, 0.5) is 13.2 Å². The summed E-state index contributed by atoms with van der Waals surface area (Å²) in [5, 5.41) is 14.5. The van der Waals surface area contributed by atoms with Crippen LogP contribution in [0.15, 0.2) is 59.7 Å². The van der Waals surface area contributed by atoms with Crippen LogP contribution >= 0.6 is 0 Å². The topological polar surface area (TPSA) is 62.1 Å². The summed E-state index contributed by atoms with van der Waals surface area (Å²) >= 11 is 0. The summed E-state index contributed by atoms with van der Waals surface area (Å²) in [6, 6.07) is 16.0. The number of halogens is 3. The number of aliphatic hydroxyl groups is 1. The molecule has 5 nitrogen and oxygen atoms in total. The van der Waals surface area contributed by atoms with Crippen molar-refractivity contribution in [2.45, 2.75) is 44.0 Å². The number of carbonyl (C=O) groups excluding carboxylic acids is 1. The number of ether oxygens (including phenoxy) is 1. The van der Waals surface area contributed by atoms with Gasteiger partial charge in [0.05, 0.1) is 19.2 Å². The van der Waals surface area contributed by atoms with Crippen LogP contribution in [0.1, 0.15) is 36.8 Å². The van der Waals surface area contributed by atoms with E-state index in [-0.39, 0.29) is 17.1 Å². The van der Waals surface area contributed by atoms with Crippen molar-refractivity contribution in [3.63, 3.8) is 0 Å². The first-order valence-electron chi connectivity index (χ1n) is 9.63. The number of hydrogen-bond acceptors (Lipinski definition) is 4. The van der Waals surface area contributed by atoms with Crippen molar-refractivity contribution in [3.05, 3.63) is 65.7 Å². The van der Waals surface area contributed by atoms with Gasteiger partial charge >= 0.3 is 6.18 Å². The van der Waals surface area contributed by atoms with Crippen molar-refractivity contribution < 1.29 is 27.8 Å². The van der Waals surface area contributed by atoms with Crippen LogP contribution in [0.25, 0.3) is 0 Å². The number of unbranched alkanes of at least 4 members (excludes halogenated alkanes) is 1. The SMILES string of the molecule is COc1ccccc1C1=NN(C(=O)CCCCc2ccccc2)C(O)(C(F)(F)F)C1. The van der Waals surface area contributed by atoms with Crippen LogP contribution in [-0.4, -0.2) is 40.7 Å². The molecule has 8 heteroatoms. The summed E-state index contributed by atoms with van der Waals surface area (Å²) in [5.41, 5.74) is -2.03. The fourth-order valence-corrected chi connectivity index (χ4v) is 3.42. The molecule has 1 aliphatic rings. The zero-order valence-corrected chi connectivity index (χ0v) is 16.5. The highest BCUT2D eigenvalue weighted by molar-refractivity contribution is 6.05. The van der Waals surface area contributed by atoms with Gasteiger partial charge in [0, 0.05) is 12.0 Å². The fourth-order valence-electron chi connectivity index (χ4n) is 3.42. The third kappa shape index (κ3) is 4.48. The van der Waals surface area contributed by atoms with Crippen molar-refractivity contribution in [3.8, 4) is 5.75 Å². The van der Waals surface area contributed by atoms with Gasteiger partial charge in [0.15, 0.2) is 0 Å². The lowest BCUT2D eigenvalue weighted by Crippen LogP contribution is -2.56. The van der Waals surface area contributed by atoms with Crippen LogP contribution in [0.5, 0.6) is 5.75 Å². The summed E-state index contributed by atoms with van der Waals surface area (Å²) < 4.78 is 46.2. The van der Waals surface area contributed by atoms with E-state index in [1.807, 2.05) is 30.3 Å². The van der Waals surface area contributed by atoms with E-state index in [0.29, 0.717) is 30.6 Å². The predicted molar refractivity (Wildman–Crippen MR) is 106 cm³/mol. The van der Waals surface area contributed by atoms with Gasteiger partial charge < -0.3 is 9.84 Å². The van der Waals surface area contributed by atoms with E-state index >= 15 is 0 Å². The number of nitrogens with zero attached hydrogens (tertiary/aromatic N) is 2. The molecule has 30 heavy (non-hydrogen) atoms. The quantitative estimate of drug-likeness (QED) is 0.680. The van der Waals surface area contributed by atoms with Gasteiger partial charge in [-0.1, -0.05) is 42.5 Å². The van der Waals surface area contributed by atoms with Crippen LogP contribution in [0.2, 0.25) is 0 Å². The molecule has 1 atom stereocenters. The number of hydrazone groups is 1. The zero-order chi connectivity index (χ0) is 21.8. The first-order chi connectivity index (χ1) is 14.3. The molecule has 0 fully saturated rings. The second kappa shape index (κ2) is 8.87. The minimum Gasteiger partial charge on any atom is -0.496 e. The van der Waals surface area contributed by atoms with Gasteiger partial charge in [-0.05, 0) is 37.0 Å². The molecule has 0 radical (unpaired) electrons. The predicted octanol–water partition coefficient (Wildman–Crippen LogP) is 4.30. The minimum absolute atomic E-state index is 0.0510. The Hall–Kier alpha value is -2.87. The largest absolute Gasteiger partial charge is 0.496 e. The number of amides is 1. The lowest BCUT2D eigenvalue weighted by molar-refractivity contribution is -0.302. The number of alkyl halides is 3. The summed E-state index contributed by atoms with van der Waals surface area (Å²) in [4.78, 5) is 12.6. The minimum atomic E-state index is -5.06. The molecule has 1 unspecified atom stereocenters. The van der Waals surface area contributed by atoms with Crippen LogP contribution in [-0.2, 0) is 11.2 Å². The second-order valence-corrected chi connectivity index (χ2v) is 7.14. The Morgan fingerprint density at radius 2 is 1.80 bits per heavy atom. The van der Waals surface area contributed by atoms with E-state index in [2.05, 4.69) is 5.10 Å². The zero-order valence-electron chi connectivity index (χ0n) is 16.5. The van der Waals surface area contributed by atoms with E-state index in [0.717, 1.165) is 5.56 Å². The molecule has 0 saturated heterocycles. The van der Waals surface area contributed by atoms with Gasteiger partial charge in [-0.25, -0.2) is 0 Å². The average molecular weight is 420 g/mol. The van der Waals surface area contributed by atoms with Crippen LogP contribution in [0.3, 0.4) is 0 Å². The van der Waals surface area contributed by atoms with E-state index in [4.69, 9.17) is 4.74 Å². The molecule has 160 valence electrons. The van der Waals surface area contributed by atoms with Gasteiger partial charge in [-0.15, -0.1) is 0 Å². The number of benzene rings is 2. The van der Waals surface area contributed by atoms with E-state index in [9.17, 15) is 23.1 Å². The normalized spacial score (nSPS) is 19.0. The van der Waals surface area contributed by atoms with Crippen molar-refractivity contribution >= 4 is 11.6 Å². The summed E-state index contributed by atoms with van der Waals surface area (Å²) in [6.07, 6.45) is -4.32. The Kier molecular flexibility index (Phi) is 6.45. The molecule has 1 N–H and O–H groups in total. The molecule has 0 aliphatic carbocycles. The molecule has 1 amide bonds. The number of carbonyl (C=O) groups is 1. The summed E-state index contributed by atoms with van der Waals surface area (Å²) in [5.74, 6) is -0.550. The van der Waals surface area contributed by atoms with Gasteiger partial charge in [-0.3, -0.25) is 4.79 Å². The average Bonchev–Trinajstić information content (AvgIpc) is 3.10. The Labute approximate surface area is 172 Å². The molecule has 0 aromatic heterocycles. The molecular formula is C22H23F3N2O3. The third-order valence-electron chi connectivity index (χ3n) is 5.04. The van der Waals surface area contributed by atoms with Gasteiger partial charge in [0.1, 0.15) is 5.75 Å². The number of hydrogen-bond donors (Lipinski definition) is 1. The van der Waals surface area contributed by atoms with Crippen molar-refractivity contribution in [2.75, 3.05) is 7.11 Å². The van der Waals surface area contributed by atoms with Crippen molar-refractivity contribution in [2.24, 2.45) is 5.10 Å².